The third kappa shape index (κ3) is 3.51. The molecule has 1 atom stereocenters. The average Bonchev–Trinajstić information content (AvgIpc) is 3.07. The lowest BCUT2D eigenvalue weighted by molar-refractivity contribution is -0.210. The van der Waals surface area contributed by atoms with Gasteiger partial charge in [-0.25, -0.2) is 0 Å². The van der Waals surface area contributed by atoms with Crippen LogP contribution in [0.3, 0.4) is 0 Å². The van der Waals surface area contributed by atoms with Crippen molar-refractivity contribution in [2.24, 2.45) is 0 Å². The molecule has 2 fully saturated rings. The van der Waals surface area contributed by atoms with E-state index in [0.29, 0.717) is 6.61 Å². The second kappa shape index (κ2) is 6.28. The van der Waals surface area contributed by atoms with Crippen molar-refractivity contribution < 1.29 is 14.2 Å². The lowest BCUT2D eigenvalue weighted by Gasteiger charge is -2.31. The van der Waals surface area contributed by atoms with E-state index >= 15 is 0 Å². The molecule has 2 aliphatic heterocycles. The summed E-state index contributed by atoms with van der Waals surface area (Å²) in [5, 5.41) is 10.8. The zero-order chi connectivity index (χ0) is 15.6. The summed E-state index contributed by atoms with van der Waals surface area (Å²) in [7, 11) is 0. The number of nitrogens with zero attached hydrogens (tertiary/aromatic N) is 1. The van der Waals surface area contributed by atoms with Gasteiger partial charge in [-0.15, -0.1) is 0 Å². The zero-order valence-electron chi connectivity index (χ0n) is 13.8. The van der Waals surface area contributed by atoms with Gasteiger partial charge in [0.2, 0.25) is 0 Å². The molecule has 124 valence electrons. The van der Waals surface area contributed by atoms with E-state index in [0.717, 1.165) is 39.1 Å². The molecule has 6 heteroatoms. The van der Waals surface area contributed by atoms with Crippen molar-refractivity contribution in [1.29, 1.82) is 0 Å². The van der Waals surface area contributed by atoms with Gasteiger partial charge in [0.15, 0.2) is 5.79 Å². The van der Waals surface area contributed by atoms with Crippen LogP contribution in [0.5, 0.6) is 0 Å². The molecule has 2 N–H and O–H groups in total. The molecule has 3 heterocycles. The number of hydrogen-bond donors (Lipinski definition) is 2. The number of hydrogen-bond acceptors (Lipinski definition) is 5. The zero-order valence-corrected chi connectivity index (χ0v) is 13.8. The molecular weight excluding hydrogens is 282 g/mol. The van der Waals surface area contributed by atoms with E-state index in [4.69, 9.17) is 14.2 Å². The molecule has 1 aromatic rings. The Kier molecular flexibility index (Phi) is 4.54. The molecular formula is C16H27N3O3. The Hall–Kier alpha value is -0.950. The van der Waals surface area contributed by atoms with Crippen LogP contribution in [0, 0.1) is 0 Å². The number of aromatic nitrogens is 2. The van der Waals surface area contributed by atoms with Crippen molar-refractivity contribution >= 4 is 0 Å². The van der Waals surface area contributed by atoms with Crippen molar-refractivity contribution in [3.8, 4) is 0 Å². The summed E-state index contributed by atoms with van der Waals surface area (Å²) in [4.78, 5) is 0. The van der Waals surface area contributed by atoms with Gasteiger partial charge in [0.25, 0.3) is 0 Å². The van der Waals surface area contributed by atoms with E-state index < -0.39 is 5.79 Å². The number of nitrogens with one attached hydrogen (secondary N) is 2. The highest BCUT2D eigenvalue weighted by molar-refractivity contribution is 5.23. The van der Waals surface area contributed by atoms with E-state index in [1.807, 2.05) is 6.20 Å². The molecule has 0 amide bonds. The van der Waals surface area contributed by atoms with Gasteiger partial charge in [-0.1, -0.05) is 20.8 Å². The van der Waals surface area contributed by atoms with Crippen molar-refractivity contribution in [2.45, 2.75) is 57.5 Å². The molecule has 22 heavy (non-hydrogen) atoms. The lowest BCUT2D eigenvalue weighted by Crippen LogP contribution is -2.39. The summed E-state index contributed by atoms with van der Waals surface area (Å²) in [6.45, 7) is 10.3. The van der Waals surface area contributed by atoms with E-state index in [2.05, 4.69) is 36.3 Å². The van der Waals surface area contributed by atoms with Crippen LogP contribution in [-0.4, -0.2) is 48.5 Å². The largest absolute Gasteiger partial charge is 0.381 e. The maximum Gasteiger partial charge on any atom is 0.173 e. The SMILES string of the molecule is CC(C)(C)c1[nH]ncc1CNCC1COC2(CCOCC2)O1. The van der Waals surface area contributed by atoms with Gasteiger partial charge >= 0.3 is 0 Å². The fourth-order valence-electron chi connectivity index (χ4n) is 3.12. The number of aromatic amines is 1. The topological polar surface area (TPSA) is 68.4 Å². The van der Waals surface area contributed by atoms with E-state index in [1.54, 1.807) is 0 Å². The summed E-state index contributed by atoms with van der Waals surface area (Å²) < 4.78 is 17.4. The summed E-state index contributed by atoms with van der Waals surface area (Å²) in [6, 6.07) is 0. The third-order valence-corrected chi connectivity index (χ3v) is 4.32. The van der Waals surface area contributed by atoms with Crippen LogP contribution >= 0.6 is 0 Å². The van der Waals surface area contributed by atoms with Gasteiger partial charge in [0, 0.05) is 42.6 Å². The Morgan fingerprint density at radius 3 is 2.86 bits per heavy atom. The van der Waals surface area contributed by atoms with E-state index in [1.165, 1.54) is 11.3 Å². The molecule has 0 aromatic carbocycles. The molecule has 1 spiro atoms. The molecule has 3 rings (SSSR count). The van der Waals surface area contributed by atoms with Gasteiger partial charge in [0.1, 0.15) is 0 Å². The lowest BCUT2D eigenvalue weighted by atomic mass is 9.89. The fourth-order valence-corrected chi connectivity index (χ4v) is 3.12. The Balaban J connectivity index is 1.47. The van der Waals surface area contributed by atoms with Crippen LogP contribution in [0.15, 0.2) is 6.20 Å². The van der Waals surface area contributed by atoms with Gasteiger partial charge in [-0.05, 0) is 0 Å². The predicted octanol–water partition coefficient (Wildman–Crippen LogP) is 1.72. The fraction of sp³-hybridized carbons (Fsp3) is 0.812. The van der Waals surface area contributed by atoms with Crippen LogP contribution in [0.1, 0.15) is 44.9 Å². The molecule has 6 nitrogen and oxygen atoms in total. The van der Waals surface area contributed by atoms with Gasteiger partial charge in [-0.3, -0.25) is 5.10 Å². The highest BCUT2D eigenvalue weighted by atomic mass is 16.7. The highest BCUT2D eigenvalue weighted by Gasteiger charge is 2.42. The van der Waals surface area contributed by atoms with Crippen LogP contribution < -0.4 is 5.32 Å². The first-order valence-electron chi connectivity index (χ1n) is 8.11. The third-order valence-electron chi connectivity index (χ3n) is 4.32. The predicted molar refractivity (Wildman–Crippen MR) is 82.6 cm³/mol. The Morgan fingerprint density at radius 2 is 2.14 bits per heavy atom. The van der Waals surface area contributed by atoms with Crippen molar-refractivity contribution in [3.05, 3.63) is 17.5 Å². The maximum absolute atomic E-state index is 6.12. The summed E-state index contributed by atoms with van der Waals surface area (Å²) in [5.74, 6) is -0.392. The maximum atomic E-state index is 6.12. The molecule has 0 bridgehead atoms. The molecule has 2 aliphatic rings. The number of H-pyrrole nitrogens is 1. The van der Waals surface area contributed by atoms with Crippen molar-refractivity contribution in [2.75, 3.05) is 26.4 Å². The molecule has 2 saturated heterocycles. The smallest absolute Gasteiger partial charge is 0.173 e. The average molecular weight is 309 g/mol. The van der Waals surface area contributed by atoms with Crippen molar-refractivity contribution in [3.63, 3.8) is 0 Å². The Labute approximate surface area is 131 Å². The van der Waals surface area contributed by atoms with Crippen molar-refractivity contribution in [1.82, 2.24) is 15.5 Å². The van der Waals surface area contributed by atoms with E-state index in [9.17, 15) is 0 Å². The van der Waals surface area contributed by atoms with Crippen LogP contribution in [0.25, 0.3) is 0 Å². The molecule has 1 aromatic heterocycles. The molecule has 1 unspecified atom stereocenters. The minimum Gasteiger partial charge on any atom is -0.381 e. The second-order valence-electron chi connectivity index (χ2n) is 7.23. The monoisotopic (exact) mass is 309 g/mol. The standard InChI is InChI=1S/C16H27N3O3/c1-15(2,3)14-12(9-18-19-14)8-17-10-13-11-21-16(22-13)4-6-20-7-5-16/h9,13,17H,4-8,10-11H2,1-3H3,(H,18,19). The first kappa shape index (κ1) is 15.9. The first-order valence-corrected chi connectivity index (χ1v) is 8.11. The molecule has 0 aliphatic carbocycles. The Bertz CT molecular complexity index is 489. The normalized spacial score (nSPS) is 25.0. The van der Waals surface area contributed by atoms with Gasteiger partial charge < -0.3 is 19.5 Å². The summed E-state index contributed by atoms with van der Waals surface area (Å²) in [6.07, 6.45) is 3.68. The highest BCUT2D eigenvalue weighted by Crippen LogP contribution is 2.33. The van der Waals surface area contributed by atoms with E-state index in [-0.39, 0.29) is 11.5 Å². The second-order valence-corrected chi connectivity index (χ2v) is 7.23. The van der Waals surface area contributed by atoms with Gasteiger partial charge in [0.05, 0.1) is 32.1 Å². The Morgan fingerprint density at radius 1 is 1.36 bits per heavy atom. The number of ether oxygens (including phenoxy) is 3. The molecule has 0 saturated carbocycles. The number of rotatable bonds is 4. The minimum atomic E-state index is -0.392. The van der Waals surface area contributed by atoms with Crippen LogP contribution in [0.2, 0.25) is 0 Å². The quantitative estimate of drug-likeness (QED) is 0.886. The summed E-state index contributed by atoms with van der Waals surface area (Å²) in [5.41, 5.74) is 2.48. The van der Waals surface area contributed by atoms with Crippen LogP contribution in [-0.2, 0) is 26.2 Å². The summed E-state index contributed by atoms with van der Waals surface area (Å²) >= 11 is 0. The molecule has 0 radical (unpaired) electrons. The van der Waals surface area contributed by atoms with Crippen LogP contribution in [0.4, 0.5) is 0 Å². The van der Waals surface area contributed by atoms with Gasteiger partial charge in [-0.2, -0.15) is 5.10 Å². The first-order chi connectivity index (χ1) is 10.5. The minimum absolute atomic E-state index is 0.0760.